The Bertz CT molecular complexity index is 1030. The second-order valence-electron chi connectivity index (χ2n) is 9.86. The number of anilines is 1. The molecule has 9 nitrogen and oxygen atoms in total. The van der Waals surface area contributed by atoms with Crippen LogP contribution in [0.15, 0.2) is 18.3 Å². The van der Waals surface area contributed by atoms with Crippen molar-refractivity contribution >= 4 is 46.5 Å². The number of carbonyl (C=O) groups excluding carboxylic acids is 2. The summed E-state index contributed by atoms with van der Waals surface area (Å²) >= 11 is 2.18. The molecule has 1 atom stereocenters. The number of likely N-dealkylation sites (N-methyl/N-ethyl adjacent to an activating group) is 1. The van der Waals surface area contributed by atoms with E-state index >= 15 is 0 Å². The summed E-state index contributed by atoms with van der Waals surface area (Å²) < 4.78 is 11.6. The lowest BCUT2D eigenvalue weighted by Gasteiger charge is -2.25. The molecule has 2 aromatic heterocycles. The summed E-state index contributed by atoms with van der Waals surface area (Å²) in [6, 6.07) is 3.49. The van der Waals surface area contributed by atoms with Crippen molar-refractivity contribution in [2.75, 3.05) is 25.1 Å². The molecule has 1 N–H and O–H groups in total. The maximum absolute atomic E-state index is 12.6. The summed E-state index contributed by atoms with van der Waals surface area (Å²) in [5, 5.41) is 2.96. The standard InChI is InChI=1S/C24H35IN5O4P/c1-8-9-17-19(14-31)27-21(28-22(17)30(7)13-20(32)29-23(2,3)4)18-12-16(10-11-26-18)33-15-24(5,6)34-35-25/h10-12,14,35H,8-9,13,15H2,1-7H3,(H,29,32). The lowest BCUT2D eigenvalue weighted by molar-refractivity contribution is -0.121. The number of aromatic nitrogens is 3. The number of hydrogen-bond donors (Lipinski definition) is 1. The van der Waals surface area contributed by atoms with Crippen LogP contribution in [0.1, 0.15) is 64.0 Å². The van der Waals surface area contributed by atoms with E-state index in [4.69, 9.17) is 14.2 Å². The number of carbonyl (C=O) groups is 2. The molecule has 0 saturated carbocycles. The van der Waals surface area contributed by atoms with Gasteiger partial charge in [-0.1, -0.05) is 13.3 Å². The fourth-order valence-corrected chi connectivity index (χ4v) is 5.32. The Balaban J connectivity index is 2.41. The average molecular weight is 615 g/mol. The Morgan fingerprint density at radius 2 is 1.97 bits per heavy atom. The van der Waals surface area contributed by atoms with Gasteiger partial charge in [0.05, 0.1) is 13.0 Å². The normalized spacial score (nSPS) is 12.1. The van der Waals surface area contributed by atoms with Crippen molar-refractivity contribution < 1.29 is 18.8 Å². The van der Waals surface area contributed by atoms with Crippen molar-refractivity contribution in [1.82, 2.24) is 20.3 Å². The van der Waals surface area contributed by atoms with Crippen molar-refractivity contribution in [2.45, 2.75) is 65.5 Å². The molecule has 11 heteroatoms. The molecule has 35 heavy (non-hydrogen) atoms. The maximum atomic E-state index is 12.6. The Labute approximate surface area is 222 Å². The highest BCUT2D eigenvalue weighted by molar-refractivity contribution is 14.2. The van der Waals surface area contributed by atoms with Crippen LogP contribution >= 0.6 is 28.5 Å². The summed E-state index contributed by atoms with van der Waals surface area (Å²) in [5.41, 5.74) is 0.687. The number of ether oxygens (including phenoxy) is 1. The molecular weight excluding hydrogens is 580 g/mol. The second kappa shape index (κ2) is 12.9. The topological polar surface area (TPSA) is 107 Å². The highest BCUT2D eigenvalue weighted by Gasteiger charge is 2.22. The molecular formula is C24H35IN5O4P. The predicted molar refractivity (Wildman–Crippen MR) is 149 cm³/mol. The zero-order valence-electron chi connectivity index (χ0n) is 21.4. The van der Waals surface area contributed by atoms with E-state index < -0.39 is 5.60 Å². The van der Waals surface area contributed by atoms with Gasteiger partial charge in [-0.15, -0.1) is 0 Å². The number of rotatable bonds is 12. The van der Waals surface area contributed by atoms with E-state index in [9.17, 15) is 9.59 Å². The highest BCUT2D eigenvalue weighted by atomic mass is 127. The number of nitrogens with one attached hydrogen (secondary N) is 1. The molecule has 192 valence electrons. The quantitative estimate of drug-likeness (QED) is 0.207. The van der Waals surface area contributed by atoms with E-state index in [-0.39, 0.29) is 18.0 Å². The Morgan fingerprint density at radius 3 is 2.57 bits per heavy atom. The fourth-order valence-electron chi connectivity index (χ4n) is 3.27. The van der Waals surface area contributed by atoms with Gasteiger partial charge in [0.15, 0.2) is 12.1 Å². The van der Waals surface area contributed by atoms with Crippen LogP contribution in [0.2, 0.25) is 0 Å². The van der Waals surface area contributed by atoms with E-state index in [1.807, 2.05) is 41.5 Å². The first-order valence-corrected chi connectivity index (χ1v) is 15.4. The SMILES string of the molecule is CCCc1c(C=O)nc(-c2cc(OCC(C)(C)OPI)ccn2)nc1N(C)CC(=O)NC(C)(C)C. The van der Waals surface area contributed by atoms with Crippen LogP contribution in [-0.4, -0.2) is 58.5 Å². The summed E-state index contributed by atoms with van der Waals surface area (Å²) in [6.07, 6.45) is 3.75. The first kappa shape index (κ1) is 29.3. The zero-order chi connectivity index (χ0) is 26.2. The second-order valence-corrected chi connectivity index (χ2v) is 11.5. The van der Waals surface area contributed by atoms with E-state index in [1.54, 1.807) is 30.3 Å². The molecule has 2 aromatic rings. The molecule has 0 radical (unpaired) electrons. The van der Waals surface area contributed by atoms with Crippen LogP contribution in [0, 0.1) is 0 Å². The third-order valence-electron chi connectivity index (χ3n) is 4.75. The van der Waals surface area contributed by atoms with Gasteiger partial charge in [-0.05, 0) is 69.1 Å². The van der Waals surface area contributed by atoms with Gasteiger partial charge in [-0.3, -0.25) is 14.6 Å². The van der Waals surface area contributed by atoms with Crippen molar-refractivity contribution in [3.63, 3.8) is 0 Å². The van der Waals surface area contributed by atoms with Crippen LogP contribution in [0.4, 0.5) is 5.82 Å². The third kappa shape index (κ3) is 9.24. The van der Waals surface area contributed by atoms with Gasteiger partial charge in [0.1, 0.15) is 35.2 Å². The van der Waals surface area contributed by atoms with E-state index in [0.29, 0.717) is 53.8 Å². The van der Waals surface area contributed by atoms with Crippen LogP contribution in [0.5, 0.6) is 5.75 Å². The molecule has 0 saturated heterocycles. The van der Waals surface area contributed by atoms with E-state index in [0.717, 1.165) is 12.7 Å². The lowest BCUT2D eigenvalue weighted by Crippen LogP contribution is -2.45. The Kier molecular flexibility index (Phi) is 10.8. The molecule has 0 bridgehead atoms. The lowest BCUT2D eigenvalue weighted by atomic mass is 10.1. The molecule has 0 fully saturated rings. The van der Waals surface area contributed by atoms with E-state index in [1.165, 1.54) is 0 Å². The van der Waals surface area contributed by atoms with Crippen LogP contribution in [-0.2, 0) is 15.7 Å². The molecule has 2 heterocycles. The smallest absolute Gasteiger partial charge is 0.239 e. The third-order valence-corrected chi connectivity index (χ3v) is 6.04. The van der Waals surface area contributed by atoms with Gasteiger partial charge < -0.3 is 19.5 Å². The predicted octanol–water partition coefficient (Wildman–Crippen LogP) is 4.77. The molecule has 1 amide bonds. The Morgan fingerprint density at radius 1 is 1.26 bits per heavy atom. The van der Waals surface area contributed by atoms with Crippen molar-refractivity contribution in [3.05, 3.63) is 29.6 Å². The summed E-state index contributed by atoms with van der Waals surface area (Å²) in [5.74, 6) is 1.28. The van der Waals surface area contributed by atoms with E-state index in [2.05, 4.69) is 37.3 Å². The minimum absolute atomic E-state index is 0.0892. The minimum Gasteiger partial charge on any atom is -0.490 e. The molecule has 1 unspecified atom stereocenters. The number of amides is 1. The highest BCUT2D eigenvalue weighted by Crippen LogP contribution is 2.31. The fraction of sp³-hybridized carbons (Fsp3) is 0.542. The summed E-state index contributed by atoms with van der Waals surface area (Å²) in [7, 11) is 1.78. The molecule has 0 aliphatic carbocycles. The summed E-state index contributed by atoms with van der Waals surface area (Å²) in [4.78, 5) is 39.9. The van der Waals surface area contributed by atoms with Gasteiger partial charge in [0.25, 0.3) is 0 Å². The van der Waals surface area contributed by atoms with Gasteiger partial charge in [-0.2, -0.15) is 0 Å². The summed E-state index contributed by atoms with van der Waals surface area (Å²) in [6.45, 7) is 12.5. The van der Waals surface area contributed by atoms with Gasteiger partial charge in [-0.25, -0.2) is 9.97 Å². The number of nitrogens with zero attached hydrogens (tertiary/aromatic N) is 4. The van der Waals surface area contributed by atoms with Crippen molar-refractivity contribution in [1.29, 1.82) is 0 Å². The number of halogens is 1. The molecule has 0 aromatic carbocycles. The van der Waals surface area contributed by atoms with Gasteiger partial charge in [0.2, 0.25) is 5.91 Å². The average Bonchev–Trinajstić information content (AvgIpc) is 2.76. The van der Waals surface area contributed by atoms with Crippen LogP contribution in [0.25, 0.3) is 11.5 Å². The Hall–Kier alpha value is -1.91. The molecule has 2 rings (SSSR count). The zero-order valence-corrected chi connectivity index (χ0v) is 24.6. The monoisotopic (exact) mass is 615 g/mol. The molecule has 0 spiro atoms. The van der Waals surface area contributed by atoms with Crippen LogP contribution in [0.3, 0.4) is 0 Å². The number of aldehydes is 1. The van der Waals surface area contributed by atoms with Gasteiger partial charge >= 0.3 is 0 Å². The largest absolute Gasteiger partial charge is 0.490 e. The van der Waals surface area contributed by atoms with Crippen molar-refractivity contribution in [2.24, 2.45) is 0 Å². The number of pyridine rings is 1. The molecule has 0 aliphatic rings. The maximum Gasteiger partial charge on any atom is 0.239 e. The molecule has 0 aliphatic heterocycles. The first-order valence-electron chi connectivity index (χ1n) is 11.4. The minimum atomic E-state index is -0.435. The van der Waals surface area contributed by atoms with Gasteiger partial charge in [0, 0.05) is 30.4 Å². The van der Waals surface area contributed by atoms with Crippen molar-refractivity contribution in [3.8, 4) is 17.3 Å². The first-order chi connectivity index (χ1) is 16.4. The number of hydrogen-bond acceptors (Lipinski definition) is 8. The van der Waals surface area contributed by atoms with Crippen LogP contribution < -0.4 is 15.0 Å².